The zero-order chi connectivity index (χ0) is 10.7. The van der Waals surface area contributed by atoms with Gasteiger partial charge < -0.3 is 9.52 Å². The van der Waals surface area contributed by atoms with E-state index in [0.717, 1.165) is 25.1 Å². The third-order valence-corrected chi connectivity index (χ3v) is 2.84. The normalized spacial score (nSPS) is 21.7. The summed E-state index contributed by atoms with van der Waals surface area (Å²) in [5.41, 5.74) is 0. The number of aliphatic hydroxyl groups is 1. The maximum absolute atomic E-state index is 9.14. The first-order valence-electron chi connectivity index (χ1n) is 5.17. The van der Waals surface area contributed by atoms with Crippen molar-refractivity contribution in [2.75, 3.05) is 13.2 Å². The highest BCUT2D eigenvalue weighted by Gasteiger charge is 2.24. The Morgan fingerprint density at radius 1 is 1.60 bits per heavy atom. The van der Waals surface area contributed by atoms with Crippen LogP contribution in [0.25, 0.3) is 0 Å². The largest absolute Gasteiger partial charge is 0.449 e. The number of nitrogens with zero attached hydrogens (tertiary/aromatic N) is 2. The van der Waals surface area contributed by atoms with Crippen LogP contribution in [0.1, 0.15) is 24.4 Å². The van der Waals surface area contributed by atoms with E-state index in [9.17, 15) is 0 Å². The SMILES string of the molecule is N#Cc1ccc(CN2CCC[C@H]2CO)o1. The molecular formula is C11H14N2O2. The summed E-state index contributed by atoms with van der Waals surface area (Å²) in [5.74, 6) is 1.15. The minimum atomic E-state index is 0.200. The summed E-state index contributed by atoms with van der Waals surface area (Å²) in [4.78, 5) is 2.19. The van der Waals surface area contributed by atoms with Gasteiger partial charge in [0.05, 0.1) is 13.2 Å². The van der Waals surface area contributed by atoms with Crippen LogP contribution in [-0.4, -0.2) is 29.2 Å². The summed E-state index contributed by atoms with van der Waals surface area (Å²) in [6, 6.07) is 5.72. The van der Waals surface area contributed by atoms with Crippen molar-refractivity contribution in [2.24, 2.45) is 0 Å². The minimum absolute atomic E-state index is 0.200. The third kappa shape index (κ3) is 2.20. The first-order chi connectivity index (χ1) is 7.33. The van der Waals surface area contributed by atoms with E-state index in [0.29, 0.717) is 12.3 Å². The maximum atomic E-state index is 9.14. The van der Waals surface area contributed by atoms with Crippen LogP contribution >= 0.6 is 0 Å². The van der Waals surface area contributed by atoms with Crippen LogP contribution in [0, 0.1) is 11.3 Å². The van der Waals surface area contributed by atoms with E-state index >= 15 is 0 Å². The van der Waals surface area contributed by atoms with Crippen LogP contribution in [0.4, 0.5) is 0 Å². The lowest BCUT2D eigenvalue weighted by molar-refractivity contribution is 0.146. The van der Waals surface area contributed by atoms with Crippen LogP contribution in [0.5, 0.6) is 0 Å². The number of nitriles is 1. The molecular weight excluding hydrogens is 192 g/mol. The van der Waals surface area contributed by atoms with Gasteiger partial charge in [-0.15, -0.1) is 0 Å². The van der Waals surface area contributed by atoms with E-state index in [1.54, 1.807) is 6.07 Å². The van der Waals surface area contributed by atoms with Gasteiger partial charge in [0.2, 0.25) is 5.76 Å². The highest BCUT2D eigenvalue weighted by Crippen LogP contribution is 2.20. The van der Waals surface area contributed by atoms with Crippen molar-refractivity contribution in [2.45, 2.75) is 25.4 Å². The van der Waals surface area contributed by atoms with Gasteiger partial charge in [-0.1, -0.05) is 0 Å². The molecule has 0 radical (unpaired) electrons. The molecule has 15 heavy (non-hydrogen) atoms. The predicted molar refractivity (Wildman–Crippen MR) is 53.9 cm³/mol. The molecule has 0 unspecified atom stereocenters. The van der Waals surface area contributed by atoms with E-state index in [1.807, 2.05) is 12.1 Å². The van der Waals surface area contributed by atoms with Crippen molar-refractivity contribution in [3.8, 4) is 6.07 Å². The Morgan fingerprint density at radius 3 is 3.13 bits per heavy atom. The Hall–Kier alpha value is -1.31. The molecule has 0 bridgehead atoms. The molecule has 1 aromatic heterocycles. The van der Waals surface area contributed by atoms with E-state index in [-0.39, 0.29) is 12.6 Å². The third-order valence-electron chi connectivity index (χ3n) is 2.84. The molecule has 0 spiro atoms. The molecule has 1 aliphatic rings. The van der Waals surface area contributed by atoms with Gasteiger partial charge >= 0.3 is 0 Å². The lowest BCUT2D eigenvalue weighted by atomic mass is 10.2. The van der Waals surface area contributed by atoms with Crippen LogP contribution < -0.4 is 0 Å². The summed E-state index contributed by atoms with van der Waals surface area (Å²) in [5, 5.41) is 17.8. The Morgan fingerprint density at radius 2 is 2.47 bits per heavy atom. The second-order valence-electron chi connectivity index (χ2n) is 3.83. The number of furan rings is 1. The molecule has 1 N–H and O–H groups in total. The van der Waals surface area contributed by atoms with Crippen LogP contribution in [0.2, 0.25) is 0 Å². The summed E-state index contributed by atoms with van der Waals surface area (Å²) in [6.45, 7) is 1.88. The van der Waals surface area contributed by atoms with E-state index < -0.39 is 0 Å². The molecule has 4 nitrogen and oxygen atoms in total. The molecule has 2 rings (SSSR count). The van der Waals surface area contributed by atoms with Crippen molar-refractivity contribution >= 4 is 0 Å². The first-order valence-corrected chi connectivity index (χ1v) is 5.17. The molecule has 0 amide bonds. The molecule has 0 aromatic carbocycles. The molecule has 1 aliphatic heterocycles. The molecule has 0 saturated carbocycles. The van der Waals surface area contributed by atoms with Crippen molar-refractivity contribution < 1.29 is 9.52 Å². The van der Waals surface area contributed by atoms with Gasteiger partial charge in [0.1, 0.15) is 11.8 Å². The predicted octanol–water partition coefficient (Wildman–Crippen LogP) is 1.11. The first kappa shape index (κ1) is 10.2. The zero-order valence-corrected chi connectivity index (χ0v) is 8.52. The molecule has 1 aromatic rings. The fraction of sp³-hybridized carbons (Fsp3) is 0.545. The van der Waals surface area contributed by atoms with Gasteiger partial charge in [-0.25, -0.2) is 0 Å². The highest BCUT2D eigenvalue weighted by atomic mass is 16.3. The summed E-state index contributed by atoms with van der Waals surface area (Å²) >= 11 is 0. The quantitative estimate of drug-likeness (QED) is 0.804. The van der Waals surface area contributed by atoms with Gasteiger partial charge in [0, 0.05) is 6.04 Å². The lowest BCUT2D eigenvalue weighted by Gasteiger charge is -2.20. The van der Waals surface area contributed by atoms with Crippen LogP contribution in [0.15, 0.2) is 16.5 Å². The summed E-state index contributed by atoms with van der Waals surface area (Å²) in [7, 11) is 0. The van der Waals surface area contributed by atoms with Gasteiger partial charge in [0.25, 0.3) is 0 Å². The highest BCUT2D eigenvalue weighted by molar-refractivity contribution is 5.19. The molecule has 0 aliphatic carbocycles. The number of rotatable bonds is 3. The second kappa shape index (κ2) is 4.47. The fourth-order valence-corrected chi connectivity index (χ4v) is 2.03. The minimum Gasteiger partial charge on any atom is -0.449 e. The number of aliphatic hydroxyl groups excluding tert-OH is 1. The van der Waals surface area contributed by atoms with Crippen LogP contribution in [-0.2, 0) is 6.54 Å². The van der Waals surface area contributed by atoms with Gasteiger partial charge in [-0.05, 0) is 31.5 Å². The standard InChI is InChI=1S/C11H14N2O2/c12-6-10-3-4-11(15-10)7-13-5-1-2-9(13)8-14/h3-4,9,14H,1-2,5,7-8H2/t9-/m0/s1. The van der Waals surface area contributed by atoms with Gasteiger partial charge in [0.15, 0.2) is 0 Å². The molecule has 2 heterocycles. The van der Waals surface area contributed by atoms with Gasteiger partial charge in [-0.3, -0.25) is 4.90 Å². The molecule has 4 heteroatoms. The molecule has 1 atom stereocenters. The molecule has 1 saturated heterocycles. The second-order valence-corrected chi connectivity index (χ2v) is 3.83. The van der Waals surface area contributed by atoms with Gasteiger partial charge in [-0.2, -0.15) is 5.26 Å². The summed E-state index contributed by atoms with van der Waals surface area (Å²) in [6.07, 6.45) is 2.17. The van der Waals surface area contributed by atoms with E-state index in [4.69, 9.17) is 14.8 Å². The van der Waals surface area contributed by atoms with Crippen molar-refractivity contribution in [1.82, 2.24) is 4.90 Å². The topological polar surface area (TPSA) is 60.4 Å². The van der Waals surface area contributed by atoms with E-state index in [1.165, 1.54) is 0 Å². The smallest absolute Gasteiger partial charge is 0.203 e. The van der Waals surface area contributed by atoms with Crippen molar-refractivity contribution in [3.63, 3.8) is 0 Å². The summed E-state index contributed by atoms with van der Waals surface area (Å²) < 4.78 is 5.30. The zero-order valence-electron chi connectivity index (χ0n) is 8.52. The Labute approximate surface area is 88.7 Å². The Balaban J connectivity index is 1.99. The average molecular weight is 206 g/mol. The number of likely N-dealkylation sites (tertiary alicyclic amines) is 1. The fourth-order valence-electron chi connectivity index (χ4n) is 2.03. The monoisotopic (exact) mass is 206 g/mol. The lowest BCUT2D eigenvalue weighted by Crippen LogP contribution is -2.31. The number of hydrogen-bond acceptors (Lipinski definition) is 4. The van der Waals surface area contributed by atoms with E-state index in [2.05, 4.69) is 4.90 Å². The Kier molecular flexibility index (Phi) is 3.05. The van der Waals surface area contributed by atoms with Crippen molar-refractivity contribution in [3.05, 3.63) is 23.7 Å². The molecule has 1 fully saturated rings. The molecule has 80 valence electrons. The Bertz CT molecular complexity index is 367. The van der Waals surface area contributed by atoms with Crippen molar-refractivity contribution in [1.29, 1.82) is 5.26 Å². The number of hydrogen-bond donors (Lipinski definition) is 1. The maximum Gasteiger partial charge on any atom is 0.203 e. The van der Waals surface area contributed by atoms with Crippen LogP contribution in [0.3, 0.4) is 0 Å². The average Bonchev–Trinajstić information content (AvgIpc) is 2.87.